The van der Waals surface area contributed by atoms with E-state index in [4.69, 9.17) is 17.0 Å². The van der Waals surface area contributed by atoms with Gasteiger partial charge in [0, 0.05) is 18.8 Å². The predicted octanol–water partition coefficient (Wildman–Crippen LogP) is 2.08. The van der Waals surface area contributed by atoms with Crippen LogP contribution in [0.4, 0.5) is 0 Å². The third-order valence-corrected chi connectivity index (χ3v) is 4.07. The van der Waals surface area contributed by atoms with Crippen LogP contribution in [0.2, 0.25) is 0 Å². The Morgan fingerprint density at radius 3 is 2.80 bits per heavy atom. The predicted molar refractivity (Wildman–Crippen MR) is 69.5 cm³/mol. The van der Waals surface area contributed by atoms with Crippen LogP contribution in [0.1, 0.15) is 6.42 Å². The first-order valence-corrected chi connectivity index (χ1v) is 7.71. The molecule has 1 fully saturated rings. The number of likely N-dealkylation sites (N-methyl/N-ethyl adjacent to an activating group) is 1. The molecule has 3 nitrogen and oxygen atoms in total. The molecule has 0 amide bonds. The van der Waals surface area contributed by atoms with Gasteiger partial charge >= 0.3 is 0 Å². The van der Waals surface area contributed by atoms with Crippen molar-refractivity contribution >= 4 is 25.0 Å². The third-order valence-electron chi connectivity index (χ3n) is 2.40. The summed E-state index contributed by atoms with van der Waals surface area (Å²) in [5.41, 5.74) is 1.60. The maximum atomic E-state index is 7.90. The number of halogens is 1. The van der Waals surface area contributed by atoms with E-state index in [9.17, 15) is 0 Å². The van der Waals surface area contributed by atoms with Gasteiger partial charge < -0.3 is 10.2 Å². The minimum Gasteiger partial charge on any atom is -0.386 e. The highest BCUT2D eigenvalue weighted by atomic mass is 35.5. The van der Waals surface area contributed by atoms with Gasteiger partial charge in [0.2, 0.25) is 0 Å². The highest BCUT2D eigenvalue weighted by Crippen LogP contribution is 2.33. The van der Waals surface area contributed by atoms with Crippen molar-refractivity contribution in [3.63, 3.8) is 0 Å². The van der Waals surface area contributed by atoms with E-state index in [1.165, 1.54) is 0 Å². The molecule has 0 aliphatic carbocycles. The number of rotatable bonds is 2. The van der Waals surface area contributed by atoms with Gasteiger partial charge in [-0.1, -0.05) is 19.5 Å². The molecule has 0 saturated carbocycles. The average molecular weight is 248 g/mol. The smallest absolute Gasteiger partial charge is 0.0860 e. The first-order valence-electron chi connectivity index (χ1n) is 5.09. The monoisotopic (exact) mass is 247 g/mol. The molecule has 0 aromatic rings. The molecule has 2 N–H and O–H groups in total. The first kappa shape index (κ1) is 13.0. The zero-order chi connectivity index (χ0) is 11.4. The average Bonchev–Trinajstić information content (AvgIpc) is 2.40. The third kappa shape index (κ3) is 3.75. The molecule has 0 aromatic heterocycles. The van der Waals surface area contributed by atoms with Crippen molar-refractivity contribution in [1.82, 2.24) is 10.2 Å². The summed E-state index contributed by atoms with van der Waals surface area (Å²) in [5.74, 6) is 0. The SMILES string of the molecule is CN1CCCN/C(=C(/Cl)C(=N)P(C)C)C1. The molecule has 0 radical (unpaired) electrons. The quantitative estimate of drug-likeness (QED) is 0.579. The van der Waals surface area contributed by atoms with Crippen molar-refractivity contribution in [2.45, 2.75) is 6.42 Å². The summed E-state index contributed by atoms with van der Waals surface area (Å²) in [6.07, 6.45) is 1.13. The molecule has 0 aromatic carbocycles. The number of allylic oxidation sites excluding steroid dienone is 1. The van der Waals surface area contributed by atoms with Crippen molar-refractivity contribution in [2.24, 2.45) is 0 Å². The fourth-order valence-electron chi connectivity index (χ4n) is 1.48. The first-order chi connectivity index (χ1) is 7.02. The van der Waals surface area contributed by atoms with Gasteiger partial charge in [-0.3, -0.25) is 5.41 Å². The maximum Gasteiger partial charge on any atom is 0.0860 e. The molecule has 0 atom stereocenters. The minimum absolute atomic E-state index is 0.414. The lowest BCUT2D eigenvalue weighted by Gasteiger charge is -2.17. The van der Waals surface area contributed by atoms with E-state index in [1.54, 1.807) is 0 Å². The Morgan fingerprint density at radius 1 is 1.53 bits per heavy atom. The second kappa shape index (κ2) is 5.83. The van der Waals surface area contributed by atoms with E-state index in [-0.39, 0.29) is 0 Å². The summed E-state index contributed by atoms with van der Waals surface area (Å²) in [6.45, 7) is 6.97. The van der Waals surface area contributed by atoms with Gasteiger partial charge in [-0.2, -0.15) is 0 Å². The highest BCUT2D eigenvalue weighted by molar-refractivity contribution is 7.74. The standard InChI is InChI=1S/C10H19ClN3P/c1-14-6-4-5-13-8(7-14)9(11)10(12)15(2)3/h12-13H,4-7H2,1-3H3/b9-8+,12-10?. The van der Waals surface area contributed by atoms with Crippen molar-refractivity contribution in [2.75, 3.05) is 40.0 Å². The van der Waals surface area contributed by atoms with Crippen molar-refractivity contribution < 1.29 is 0 Å². The van der Waals surface area contributed by atoms with E-state index in [1.807, 2.05) is 0 Å². The molecule has 0 bridgehead atoms. The fourth-order valence-corrected chi connectivity index (χ4v) is 2.64. The van der Waals surface area contributed by atoms with Crippen LogP contribution in [0.5, 0.6) is 0 Å². The van der Waals surface area contributed by atoms with E-state index < -0.39 is 7.92 Å². The summed E-state index contributed by atoms with van der Waals surface area (Å²) in [7, 11) is 1.67. The normalized spacial score (nSPS) is 22.2. The second-order valence-corrected chi connectivity index (χ2v) is 6.67. The zero-order valence-corrected chi connectivity index (χ0v) is 11.3. The molecular formula is C10H19ClN3P. The van der Waals surface area contributed by atoms with Crippen LogP contribution in [0.25, 0.3) is 0 Å². The molecule has 1 aliphatic rings. The van der Waals surface area contributed by atoms with Gasteiger partial charge in [0.1, 0.15) is 0 Å². The number of nitrogens with one attached hydrogen (secondary N) is 2. The lowest BCUT2D eigenvalue weighted by molar-refractivity contribution is 0.373. The molecule has 1 rings (SSSR count). The summed E-state index contributed by atoms with van der Waals surface area (Å²) in [4.78, 5) is 2.23. The van der Waals surface area contributed by atoms with E-state index in [0.717, 1.165) is 31.8 Å². The molecule has 0 spiro atoms. The zero-order valence-electron chi connectivity index (χ0n) is 9.60. The molecule has 0 unspecified atom stereocenters. The second-order valence-electron chi connectivity index (χ2n) is 4.05. The van der Waals surface area contributed by atoms with Crippen LogP contribution in [0.3, 0.4) is 0 Å². The summed E-state index contributed by atoms with van der Waals surface area (Å²) < 4.78 is 0. The summed E-state index contributed by atoms with van der Waals surface area (Å²) >= 11 is 6.23. The Labute approximate surface area is 98.1 Å². The summed E-state index contributed by atoms with van der Waals surface area (Å²) in [6, 6.07) is 0. The Morgan fingerprint density at radius 2 is 2.20 bits per heavy atom. The Kier molecular flexibility index (Phi) is 5.04. The molecule has 5 heteroatoms. The van der Waals surface area contributed by atoms with Crippen LogP contribution < -0.4 is 5.32 Å². The van der Waals surface area contributed by atoms with Gasteiger partial charge in [0.25, 0.3) is 0 Å². The number of hydrogen-bond acceptors (Lipinski definition) is 3. The Hall–Kier alpha value is -0.110. The van der Waals surface area contributed by atoms with Gasteiger partial charge in [0.05, 0.1) is 10.5 Å². The molecule has 86 valence electrons. The molecule has 1 heterocycles. The van der Waals surface area contributed by atoms with E-state index in [2.05, 4.69) is 30.6 Å². The van der Waals surface area contributed by atoms with E-state index >= 15 is 0 Å². The maximum absolute atomic E-state index is 7.90. The lowest BCUT2D eigenvalue weighted by Crippen LogP contribution is -2.24. The largest absolute Gasteiger partial charge is 0.386 e. The van der Waals surface area contributed by atoms with Crippen LogP contribution in [0, 0.1) is 5.41 Å². The molecule has 15 heavy (non-hydrogen) atoms. The van der Waals surface area contributed by atoms with E-state index in [0.29, 0.717) is 10.5 Å². The van der Waals surface area contributed by atoms with Crippen LogP contribution in [0.15, 0.2) is 10.7 Å². The van der Waals surface area contributed by atoms with Gasteiger partial charge in [-0.05, 0) is 33.3 Å². The van der Waals surface area contributed by atoms with Gasteiger partial charge in [0.15, 0.2) is 0 Å². The minimum atomic E-state index is -0.414. The Balaban J connectivity index is 2.81. The van der Waals surface area contributed by atoms with Crippen LogP contribution in [-0.2, 0) is 0 Å². The fraction of sp³-hybridized carbons (Fsp3) is 0.700. The Bertz CT molecular complexity index is 276. The van der Waals surface area contributed by atoms with Crippen molar-refractivity contribution in [3.05, 3.63) is 10.7 Å². The molecular weight excluding hydrogens is 229 g/mol. The van der Waals surface area contributed by atoms with Crippen LogP contribution in [-0.4, -0.2) is 50.4 Å². The van der Waals surface area contributed by atoms with Crippen LogP contribution >= 0.6 is 19.5 Å². The van der Waals surface area contributed by atoms with Gasteiger partial charge in [-0.15, -0.1) is 0 Å². The number of nitrogens with zero attached hydrogens (tertiary/aromatic N) is 1. The lowest BCUT2D eigenvalue weighted by atomic mass is 10.4. The molecule has 1 saturated heterocycles. The highest BCUT2D eigenvalue weighted by Gasteiger charge is 2.16. The van der Waals surface area contributed by atoms with Crippen molar-refractivity contribution in [3.8, 4) is 0 Å². The topological polar surface area (TPSA) is 39.1 Å². The van der Waals surface area contributed by atoms with Gasteiger partial charge in [-0.25, -0.2) is 0 Å². The van der Waals surface area contributed by atoms with Crippen molar-refractivity contribution in [1.29, 1.82) is 5.41 Å². The number of hydrogen-bond donors (Lipinski definition) is 2. The molecule has 1 aliphatic heterocycles. The summed E-state index contributed by atoms with van der Waals surface area (Å²) in [5, 5.41) is 11.9.